The number of rotatable bonds is 8. The predicted molar refractivity (Wildman–Crippen MR) is 191 cm³/mol. The van der Waals surface area contributed by atoms with Crippen molar-refractivity contribution >= 4 is 16.6 Å². The molecule has 0 amide bonds. The number of aliphatic hydroxyl groups excluding tert-OH is 1. The fraction of sp³-hybridized carbons (Fsp3) is 0.429. The van der Waals surface area contributed by atoms with E-state index in [0.717, 1.165) is 49.8 Å². The van der Waals surface area contributed by atoms with E-state index in [1.165, 1.54) is 44.7 Å². The first kappa shape index (κ1) is 37.4. The second-order valence-electron chi connectivity index (χ2n) is 14.2. The average molecular weight is 795 g/mol. The Hall–Kier alpha value is -3.07. The Labute approximate surface area is 291 Å². The van der Waals surface area contributed by atoms with Crippen LogP contribution in [0.25, 0.3) is 33.2 Å². The largest absolute Gasteiger partial charge is 0.512 e. The van der Waals surface area contributed by atoms with E-state index in [0.29, 0.717) is 0 Å². The molecule has 46 heavy (non-hydrogen) atoms. The molecule has 3 aromatic carbocycles. The summed E-state index contributed by atoms with van der Waals surface area (Å²) in [6, 6.07) is 25.5. The van der Waals surface area contributed by atoms with Crippen molar-refractivity contribution in [1.82, 2.24) is 4.98 Å². The number of aryl methyl sites for hydroxylation is 1. The minimum atomic E-state index is -0.337. The van der Waals surface area contributed by atoms with Crippen molar-refractivity contribution < 1.29 is 30.0 Å². The zero-order valence-corrected chi connectivity index (χ0v) is 31.7. The Kier molecular flexibility index (Phi) is 12.4. The van der Waals surface area contributed by atoms with Gasteiger partial charge in [0.15, 0.2) is 5.78 Å². The number of fused-ring (bicyclic) bond motifs is 4. The minimum absolute atomic E-state index is 0. The number of carbonyl (C=O) groups is 1. The summed E-state index contributed by atoms with van der Waals surface area (Å²) in [5.41, 5.74) is 8.47. The topological polar surface area (TPSA) is 50.2 Å². The van der Waals surface area contributed by atoms with Crippen LogP contribution in [0.2, 0.25) is 0 Å². The first-order valence-electron chi connectivity index (χ1n) is 16.8. The normalized spacial score (nSPS) is 13.2. The molecule has 1 N–H and O–H groups in total. The first-order chi connectivity index (χ1) is 21.3. The number of ketones is 1. The number of pyridine rings is 1. The standard InChI is InChI=1S/C27H24N.C15H28O2.Ir/c1-27(2,3)25-17-20(16-19-9-5-7-11-22(19)25)26-24-13-12-18-8-4-6-10-21(18)23(24)14-15-28-26;1-7-14(5,8-2)12(16)11-13(17)15(6,9-3)10-4;/h4-11,14-15,17H,12-13H2,1-3H3;11,16H,7-10H2,1-6H3;/q-1;;/b;12-11-;. The zero-order valence-electron chi connectivity index (χ0n) is 29.3. The van der Waals surface area contributed by atoms with E-state index < -0.39 is 0 Å². The minimum Gasteiger partial charge on any atom is -0.512 e. The van der Waals surface area contributed by atoms with Crippen LogP contribution in [0.4, 0.5) is 0 Å². The van der Waals surface area contributed by atoms with Gasteiger partial charge in [-0.3, -0.25) is 9.78 Å². The molecule has 0 aliphatic heterocycles. The number of allylic oxidation sites excluding steroid dienone is 2. The Morgan fingerprint density at radius 1 is 0.826 bits per heavy atom. The number of aliphatic hydroxyl groups is 1. The van der Waals surface area contributed by atoms with Gasteiger partial charge in [0, 0.05) is 48.9 Å². The first-order valence-corrected chi connectivity index (χ1v) is 16.8. The smallest absolute Gasteiger partial charge is 0.164 e. The van der Waals surface area contributed by atoms with E-state index in [9.17, 15) is 9.90 Å². The van der Waals surface area contributed by atoms with Crippen LogP contribution in [0.3, 0.4) is 0 Å². The van der Waals surface area contributed by atoms with Gasteiger partial charge in [0.05, 0.1) is 0 Å². The molecule has 3 nitrogen and oxygen atoms in total. The summed E-state index contributed by atoms with van der Waals surface area (Å²) in [6.45, 7) is 18.9. The molecule has 5 rings (SSSR count). The molecule has 4 aromatic rings. The van der Waals surface area contributed by atoms with Gasteiger partial charge in [0.2, 0.25) is 0 Å². The monoisotopic (exact) mass is 795 g/mol. The molecule has 1 heterocycles. The predicted octanol–water partition coefficient (Wildman–Crippen LogP) is 11.4. The Morgan fingerprint density at radius 2 is 1.43 bits per heavy atom. The maximum atomic E-state index is 12.2. The number of aromatic nitrogens is 1. The molecule has 0 unspecified atom stereocenters. The van der Waals surface area contributed by atoms with E-state index in [1.807, 2.05) is 47.7 Å². The zero-order chi connectivity index (χ0) is 33.0. The third kappa shape index (κ3) is 7.72. The molecule has 247 valence electrons. The van der Waals surface area contributed by atoms with Gasteiger partial charge in [-0.05, 0) is 72.3 Å². The fourth-order valence-electron chi connectivity index (χ4n) is 6.15. The average Bonchev–Trinajstić information content (AvgIpc) is 3.06. The molecule has 0 atom stereocenters. The van der Waals surface area contributed by atoms with Gasteiger partial charge in [-0.25, -0.2) is 0 Å². The van der Waals surface area contributed by atoms with E-state index in [4.69, 9.17) is 4.98 Å². The Morgan fingerprint density at radius 3 is 2.07 bits per heavy atom. The summed E-state index contributed by atoms with van der Waals surface area (Å²) in [5.74, 6) is 0.286. The van der Waals surface area contributed by atoms with Crippen LogP contribution < -0.4 is 0 Å². The van der Waals surface area contributed by atoms with E-state index in [-0.39, 0.29) is 47.9 Å². The molecule has 0 bridgehead atoms. The molecule has 1 aliphatic carbocycles. The SMILES string of the molecule is CC(C)(C)c1cc(-c2nccc3c2CCc2ccccc2-3)[c-]c2ccccc12.CCC(C)(CC)C(=O)/C=C(\O)C(C)(CC)CC.[Ir]. The van der Waals surface area contributed by atoms with Crippen molar-refractivity contribution in [3.05, 3.63) is 101 Å². The number of benzene rings is 3. The van der Waals surface area contributed by atoms with Gasteiger partial charge >= 0.3 is 0 Å². The molecule has 0 spiro atoms. The van der Waals surface area contributed by atoms with Crippen LogP contribution in [0.5, 0.6) is 0 Å². The Balaban J connectivity index is 0.000000280. The molecule has 0 saturated heterocycles. The molecule has 0 fully saturated rings. The Bertz CT molecular complexity index is 1690. The fourth-order valence-corrected chi connectivity index (χ4v) is 6.15. The van der Waals surface area contributed by atoms with Crippen molar-refractivity contribution in [2.45, 2.75) is 106 Å². The van der Waals surface area contributed by atoms with Gasteiger partial charge in [-0.15, -0.1) is 29.1 Å². The third-order valence-corrected chi connectivity index (χ3v) is 10.4. The molecular formula is C42H52IrNO2-. The number of hydrogen-bond donors (Lipinski definition) is 1. The van der Waals surface area contributed by atoms with Crippen LogP contribution >= 0.6 is 0 Å². The number of nitrogens with zero attached hydrogens (tertiary/aromatic N) is 1. The number of hydrogen-bond acceptors (Lipinski definition) is 3. The molecule has 4 heteroatoms. The van der Waals surface area contributed by atoms with E-state index in [2.05, 4.69) is 87.5 Å². The van der Waals surface area contributed by atoms with Crippen LogP contribution in [0.15, 0.2) is 78.7 Å². The van der Waals surface area contributed by atoms with Gasteiger partial charge in [-0.2, -0.15) is 0 Å². The number of carbonyl (C=O) groups excluding carboxylic acids is 1. The molecule has 1 aliphatic rings. The van der Waals surface area contributed by atoms with Gasteiger partial charge in [0.25, 0.3) is 0 Å². The summed E-state index contributed by atoms with van der Waals surface area (Å²) in [6.07, 6.45) is 8.81. The van der Waals surface area contributed by atoms with Gasteiger partial charge in [0.1, 0.15) is 5.76 Å². The second-order valence-corrected chi connectivity index (χ2v) is 14.2. The van der Waals surface area contributed by atoms with Crippen molar-refractivity contribution in [3.63, 3.8) is 0 Å². The van der Waals surface area contributed by atoms with Crippen molar-refractivity contribution in [3.8, 4) is 22.4 Å². The van der Waals surface area contributed by atoms with Crippen LogP contribution in [-0.4, -0.2) is 15.9 Å². The summed E-state index contributed by atoms with van der Waals surface area (Å²) >= 11 is 0. The van der Waals surface area contributed by atoms with Crippen molar-refractivity contribution in [2.24, 2.45) is 10.8 Å². The maximum absolute atomic E-state index is 12.2. The summed E-state index contributed by atoms with van der Waals surface area (Å²) < 4.78 is 0. The quantitative estimate of drug-likeness (QED) is 0.110. The molecule has 1 aromatic heterocycles. The third-order valence-electron chi connectivity index (χ3n) is 10.4. The molecule has 1 radical (unpaired) electrons. The van der Waals surface area contributed by atoms with Gasteiger partial charge < -0.3 is 5.11 Å². The van der Waals surface area contributed by atoms with E-state index in [1.54, 1.807) is 0 Å². The molecular weight excluding hydrogens is 743 g/mol. The summed E-state index contributed by atoms with van der Waals surface area (Å²) in [4.78, 5) is 17.0. The second kappa shape index (κ2) is 15.2. The van der Waals surface area contributed by atoms with Crippen molar-refractivity contribution in [1.29, 1.82) is 0 Å². The summed E-state index contributed by atoms with van der Waals surface area (Å²) in [7, 11) is 0. The van der Waals surface area contributed by atoms with Crippen molar-refractivity contribution in [2.75, 3.05) is 0 Å². The maximum Gasteiger partial charge on any atom is 0.164 e. The molecule has 0 saturated carbocycles. The summed E-state index contributed by atoms with van der Waals surface area (Å²) in [5, 5.41) is 12.6. The van der Waals surface area contributed by atoms with E-state index >= 15 is 0 Å². The van der Waals surface area contributed by atoms with Crippen LogP contribution in [0, 0.1) is 16.9 Å². The van der Waals surface area contributed by atoms with Crippen LogP contribution in [-0.2, 0) is 43.2 Å². The van der Waals surface area contributed by atoms with Crippen LogP contribution in [0.1, 0.15) is 105 Å². The van der Waals surface area contributed by atoms with Gasteiger partial charge in [-0.1, -0.05) is 116 Å².